The van der Waals surface area contributed by atoms with Crippen molar-refractivity contribution in [2.75, 3.05) is 13.2 Å². The maximum Gasteiger partial charge on any atom is 0.407 e. The van der Waals surface area contributed by atoms with Gasteiger partial charge in [0, 0.05) is 4.91 Å². The predicted molar refractivity (Wildman–Crippen MR) is 141 cm³/mol. The molecule has 190 valence electrons. The topological polar surface area (TPSA) is 117 Å². The van der Waals surface area contributed by atoms with Gasteiger partial charge in [-0.05, 0) is 48.1 Å². The number of nitrogens with one attached hydrogen (secondary N) is 1. The Kier molecular flexibility index (Phi) is 9.91. The second-order valence-electron chi connectivity index (χ2n) is 10.6. The zero-order chi connectivity index (χ0) is 26.1. The number of aliphatic hydroxyl groups excluding tert-OH is 1. The van der Waals surface area contributed by atoms with Crippen molar-refractivity contribution in [2.24, 2.45) is 5.11 Å². The normalized spacial score (nSPS) is 13.9. The molecule has 2 aromatic carbocycles. The maximum absolute atomic E-state index is 12.6. The van der Waals surface area contributed by atoms with E-state index in [2.05, 4.69) is 60.4 Å². The van der Waals surface area contributed by atoms with E-state index >= 15 is 0 Å². The van der Waals surface area contributed by atoms with Crippen LogP contribution in [0, 0.1) is 0 Å². The van der Waals surface area contributed by atoms with E-state index in [1.165, 1.54) is 0 Å². The van der Waals surface area contributed by atoms with Crippen molar-refractivity contribution in [2.45, 2.75) is 70.7 Å². The summed E-state index contributed by atoms with van der Waals surface area (Å²) in [6.07, 6.45) is -1.38. The number of carbonyl (C=O) groups is 1. The fraction of sp³-hybridized carbons (Fsp3) is 0.500. The standard InChI is InChI=1S/C26H38N4O4Si/c1-25(2,3)34-24(32)29-20(17-21(31)18-28-30-27)19-33-35(26(4,5)6,22-13-9-7-10-14-22)23-15-11-8-12-16-23/h7-16,20-21,31H,17-19H2,1-6H3,(H,29,32)/t20-,21+/m0/s1. The van der Waals surface area contributed by atoms with E-state index in [-0.39, 0.29) is 24.6 Å². The van der Waals surface area contributed by atoms with Crippen molar-refractivity contribution < 1.29 is 19.1 Å². The number of aliphatic hydroxyl groups is 1. The number of nitrogens with zero attached hydrogens (tertiary/aromatic N) is 3. The number of ether oxygens (including phenoxy) is 1. The van der Waals surface area contributed by atoms with E-state index in [9.17, 15) is 9.90 Å². The summed E-state index contributed by atoms with van der Waals surface area (Å²) in [5.74, 6) is 0. The first-order valence-electron chi connectivity index (χ1n) is 11.8. The molecule has 0 fully saturated rings. The Morgan fingerprint density at radius 3 is 1.97 bits per heavy atom. The van der Waals surface area contributed by atoms with Gasteiger partial charge in [-0.15, -0.1) is 0 Å². The van der Waals surface area contributed by atoms with Crippen LogP contribution in [0.1, 0.15) is 48.0 Å². The lowest BCUT2D eigenvalue weighted by molar-refractivity contribution is 0.0458. The monoisotopic (exact) mass is 498 g/mol. The highest BCUT2D eigenvalue weighted by Crippen LogP contribution is 2.36. The van der Waals surface area contributed by atoms with E-state index in [0.717, 1.165) is 10.4 Å². The molecule has 8 nitrogen and oxygen atoms in total. The van der Waals surface area contributed by atoms with Gasteiger partial charge in [0.15, 0.2) is 0 Å². The quantitative estimate of drug-likeness (QED) is 0.217. The van der Waals surface area contributed by atoms with Crippen LogP contribution in [-0.4, -0.2) is 50.4 Å². The first-order valence-corrected chi connectivity index (χ1v) is 13.7. The molecule has 2 rings (SSSR count). The molecule has 9 heteroatoms. The van der Waals surface area contributed by atoms with E-state index < -0.39 is 32.2 Å². The van der Waals surface area contributed by atoms with E-state index in [0.29, 0.717) is 0 Å². The number of benzene rings is 2. The van der Waals surface area contributed by atoms with Crippen molar-refractivity contribution in [3.8, 4) is 0 Å². The minimum absolute atomic E-state index is 0.0950. The lowest BCUT2D eigenvalue weighted by atomic mass is 10.1. The molecule has 2 aromatic rings. The van der Waals surface area contributed by atoms with Crippen LogP contribution in [-0.2, 0) is 9.16 Å². The van der Waals surface area contributed by atoms with Crippen molar-refractivity contribution in [1.29, 1.82) is 0 Å². The van der Waals surface area contributed by atoms with Crippen molar-refractivity contribution >= 4 is 24.8 Å². The van der Waals surface area contributed by atoms with Gasteiger partial charge in [-0.2, -0.15) is 0 Å². The number of amides is 1. The molecular weight excluding hydrogens is 460 g/mol. The van der Waals surface area contributed by atoms with Gasteiger partial charge in [-0.25, -0.2) is 4.79 Å². The number of hydrogen-bond donors (Lipinski definition) is 2. The number of azide groups is 1. The molecule has 0 spiro atoms. The molecule has 0 bridgehead atoms. The zero-order valence-corrected chi connectivity index (χ0v) is 22.6. The Morgan fingerprint density at radius 1 is 1.03 bits per heavy atom. The summed E-state index contributed by atoms with van der Waals surface area (Å²) in [5.41, 5.74) is 7.94. The minimum atomic E-state index is -2.84. The smallest absolute Gasteiger partial charge is 0.407 e. The van der Waals surface area contributed by atoms with Crippen LogP contribution in [0.4, 0.5) is 4.79 Å². The lowest BCUT2D eigenvalue weighted by Gasteiger charge is -2.43. The molecular formula is C26H38N4O4Si. The summed E-state index contributed by atoms with van der Waals surface area (Å²) in [4.78, 5) is 15.3. The van der Waals surface area contributed by atoms with Gasteiger partial charge in [-0.3, -0.25) is 0 Å². The third kappa shape index (κ3) is 8.11. The summed E-state index contributed by atoms with van der Waals surface area (Å²) >= 11 is 0. The maximum atomic E-state index is 12.6. The largest absolute Gasteiger partial charge is 0.444 e. The molecule has 0 saturated carbocycles. The van der Waals surface area contributed by atoms with Crippen LogP contribution >= 0.6 is 0 Å². The SMILES string of the molecule is CC(C)(C)OC(=O)N[C@H](CO[Si](c1ccccc1)(c1ccccc1)C(C)(C)C)C[C@@H](O)CN=[N+]=[N-]. The molecule has 0 aliphatic rings. The fourth-order valence-corrected chi connectivity index (χ4v) is 8.77. The van der Waals surface area contributed by atoms with Gasteiger partial charge in [-0.1, -0.05) is 86.5 Å². The molecule has 0 radical (unpaired) electrons. The van der Waals surface area contributed by atoms with Gasteiger partial charge >= 0.3 is 6.09 Å². The Morgan fingerprint density at radius 2 is 1.54 bits per heavy atom. The second-order valence-corrected chi connectivity index (χ2v) is 14.9. The molecule has 0 aromatic heterocycles. The third-order valence-corrected chi connectivity index (χ3v) is 10.6. The molecule has 2 N–H and O–H groups in total. The second kappa shape index (κ2) is 12.2. The molecule has 35 heavy (non-hydrogen) atoms. The Balaban J connectivity index is 2.44. The zero-order valence-electron chi connectivity index (χ0n) is 21.6. The summed E-state index contributed by atoms with van der Waals surface area (Å²) in [5, 5.41) is 18.7. The van der Waals surface area contributed by atoms with Crippen LogP contribution < -0.4 is 15.7 Å². The average molecular weight is 499 g/mol. The third-order valence-electron chi connectivity index (χ3n) is 5.55. The number of alkyl carbamates (subject to hydrolysis) is 1. The van der Waals surface area contributed by atoms with Crippen LogP contribution in [0.5, 0.6) is 0 Å². The van der Waals surface area contributed by atoms with Gasteiger partial charge in [0.2, 0.25) is 0 Å². The molecule has 0 heterocycles. The Labute approximate surface area is 209 Å². The molecule has 0 aliphatic heterocycles. The summed E-state index contributed by atoms with van der Waals surface area (Å²) < 4.78 is 12.4. The highest BCUT2D eigenvalue weighted by atomic mass is 28.4. The van der Waals surface area contributed by atoms with Crippen LogP contribution in [0.25, 0.3) is 10.4 Å². The van der Waals surface area contributed by atoms with Gasteiger partial charge in [0.25, 0.3) is 8.32 Å². The summed E-state index contributed by atoms with van der Waals surface area (Å²) in [6, 6.07) is 19.8. The fourth-order valence-electron chi connectivity index (χ4n) is 4.16. The average Bonchev–Trinajstić information content (AvgIpc) is 2.77. The molecule has 0 saturated heterocycles. The van der Waals surface area contributed by atoms with Gasteiger partial charge < -0.3 is 19.6 Å². The van der Waals surface area contributed by atoms with Crippen molar-refractivity contribution in [3.63, 3.8) is 0 Å². The number of hydrogen-bond acceptors (Lipinski definition) is 5. The van der Waals surface area contributed by atoms with E-state index in [1.807, 2.05) is 36.4 Å². The number of carbonyl (C=O) groups excluding carboxylic acids is 1. The Bertz CT molecular complexity index is 944. The van der Waals surface area contributed by atoms with Gasteiger partial charge in [0.1, 0.15) is 5.60 Å². The first kappa shape index (κ1) is 28.4. The van der Waals surface area contributed by atoms with Crippen molar-refractivity contribution in [3.05, 3.63) is 71.1 Å². The van der Waals surface area contributed by atoms with Gasteiger partial charge in [0.05, 0.1) is 25.3 Å². The van der Waals surface area contributed by atoms with E-state index in [4.69, 9.17) is 14.7 Å². The molecule has 2 atom stereocenters. The lowest BCUT2D eigenvalue weighted by Crippen LogP contribution is -2.67. The van der Waals surface area contributed by atoms with Crippen LogP contribution in [0.3, 0.4) is 0 Å². The molecule has 0 unspecified atom stereocenters. The van der Waals surface area contributed by atoms with Crippen LogP contribution in [0.2, 0.25) is 5.04 Å². The molecule has 1 amide bonds. The van der Waals surface area contributed by atoms with Crippen molar-refractivity contribution in [1.82, 2.24) is 5.32 Å². The summed E-state index contributed by atoms with van der Waals surface area (Å²) in [7, 11) is -2.84. The highest BCUT2D eigenvalue weighted by molar-refractivity contribution is 6.99. The number of rotatable bonds is 10. The first-order chi connectivity index (χ1) is 16.4. The molecule has 0 aliphatic carbocycles. The predicted octanol–water partition coefficient (Wildman–Crippen LogP) is 4.52. The highest BCUT2D eigenvalue weighted by Gasteiger charge is 2.50. The Hall–Kier alpha value is -2.84. The minimum Gasteiger partial charge on any atom is -0.444 e. The van der Waals surface area contributed by atoms with Crippen LogP contribution in [0.15, 0.2) is 65.8 Å². The summed E-state index contributed by atoms with van der Waals surface area (Å²) in [6.45, 7) is 11.9. The van der Waals surface area contributed by atoms with E-state index in [1.54, 1.807) is 20.8 Å².